The van der Waals surface area contributed by atoms with Gasteiger partial charge in [0.25, 0.3) is 5.79 Å². The molecule has 1 aliphatic carbocycles. The Morgan fingerprint density at radius 1 is 0.800 bits per heavy atom. The molecule has 1 saturated carbocycles. The first-order valence-electron chi connectivity index (χ1n) is 12.3. The lowest BCUT2D eigenvalue weighted by molar-refractivity contribution is -0.119. The van der Waals surface area contributed by atoms with E-state index in [0.717, 1.165) is 31.4 Å². The van der Waals surface area contributed by atoms with Crippen molar-refractivity contribution in [1.29, 1.82) is 0 Å². The first kappa shape index (κ1) is 23.3. The number of anilines is 2. The van der Waals surface area contributed by atoms with Crippen LogP contribution in [0.2, 0.25) is 0 Å². The van der Waals surface area contributed by atoms with E-state index in [9.17, 15) is 9.59 Å². The van der Waals surface area contributed by atoms with Crippen molar-refractivity contribution in [3.63, 3.8) is 0 Å². The van der Waals surface area contributed by atoms with Gasteiger partial charge in [0.2, 0.25) is 11.8 Å². The molecule has 0 atom stereocenters. The molecule has 0 aromatic heterocycles. The van der Waals surface area contributed by atoms with E-state index in [-0.39, 0.29) is 24.9 Å². The molecule has 9 heteroatoms. The number of amides is 2. The van der Waals surface area contributed by atoms with E-state index < -0.39 is 5.79 Å². The number of benzene rings is 2. The maximum absolute atomic E-state index is 12.7. The average Bonchev–Trinajstić information content (AvgIpc) is 3.20. The summed E-state index contributed by atoms with van der Waals surface area (Å²) in [5.74, 6) is 1.69. The molecule has 0 unspecified atom stereocenters. The van der Waals surface area contributed by atoms with Crippen LogP contribution in [0, 0.1) is 0 Å². The van der Waals surface area contributed by atoms with Crippen LogP contribution < -0.4 is 29.6 Å². The lowest BCUT2D eigenvalue weighted by atomic mass is 9.94. The fourth-order valence-electron chi connectivity index (χ4n) is 4.67. The van der Waals surface area contributed by atoms with Crippen molar-refractivity contribution in [2.24, 2.45) is 0 Å². The highest BCUT2D eigenvalue weighted by Gasteiger charge is 2.42. The highest BCUT2D eigenvalue weighted by atomic mass is 16.7. The van der Waals surface area contributed by atoms with Crippen molar-refractivity contribution in [3.05, 3.63) is 36.4 Å². The van der Waals surface area contributed by atoms with E-state index in [0.29, 0.717) is 48.4 Å². The predicted molar refractivity (Wildman–Crippen MR) is 130 cm³/mol. The topological polar surface area (TPSA) is 98.4 Å². The first-order valence-corrected chi connectivity index (χ1v) is 12.3. The van der Waals surface area contributed by atoms with Crippen LogP contribution in [-0.4, -0.2) is 55.3 Å². The number of nitrogens with one attached hydrogen (secondary N) is 2. The second-order valence-electron chi connectivity index (χ2n) is 9.10. The number of carbonyl (C=O) groups is 2. The summed E-state index contributed by atoms with van der Waals surface area (Å²) in [5.41, 5.74) is 1.26. The molecule has 2 aliphatic heterocycles. The smallest absolute Gasteiger partial charge is 0.251 e. The van der Waals surface area contributed by atoms with Crippen LogP contribution in [-0.2, 0) is 9.59 Å². The third-order valence-corrected chi connectivity index (χ3v) is 6.44. The summed E-state index contributed by atoms with van der Waals surface area (Å²) in [7, 11) is 0. The Morgan fingerprint density at radius 2 is 1.37 bits per heavy atom. The van der Waals surface area contributed by atoms with E-state index in [1.54, 1.807) is 23.1 Å². The van der Waals surface area contributed by atoms with Gasteiger partial charge in [-0.05, 0) is 43.7 Å². The Bertz CT molecular complexity index is 1100. The number of fused-ring (bicyclic) bond motifs is 2. The molecule has 9 nitrogen and oxygen atoms in total. The van der Waals surface area contributed by atoms with Gasteiger partial charge in [-0.1, -0.05) is 13.3 Å². The van der Waals surface area contributed by atoms with Gasteiger partial charge < -0.3 is 29.6 Å². The van der Waals surface area contributed by atoms with Crippen molar-refractivity contribution < 1.29 is 28.5 Å². The van der Waals surface area contributed by atoms with Gasteiger partial charge in [-0.2, -0.15) is 0 Å². The molecule has 2 heterocycles. The molecule has 0 radical (unpaired) electrons. The number of carbonyl (C=O) groups excluding carboxylic acids is 2. The average molecular weight is 482 g/mol. The lowest BCUT2D eigenvalue weighted by Crippen LogP contribution is -2.40. The van der Waals surface area contributed by atoms with E-state index in [4.69, 9.17) is 18.9 Å². The van der Waals surface area contributed by atoms with Gasteiger partial charge >= 0.3 is 0 Å². The number of rotatable bonds is 7. The van der Waals surface area contributed by atoms with Crippen LogP contribution in [0.15, 0.2) is 36.4 Å². The molecule has 3 aliphatic rings. The van der Waals surface area contributed by atoms with Crippen molar-refractivity contribution in [1.82, 2.24) is 4.90 Å². The zero-order chi connectivity index (χ0) is 24.3. The molecule has 5 rings (SSSR count). The van der Waals surface area contributed by atoms with Crippen LogP contribution in [0.5, 0.6) is 23.0 Å². The van der Waals surface area contributed by atoms with Gasteiger partial charge in [0.05, 0.1) is 13.1 Å². The molecular formula is C26H31N3O6. The third kappa shape index (κ3) is 5.45. The zero-order valence-electron chi connectivity index (χ0n) is 19.9. The summed E-state index contributed by atoms with van der Waals surface area (Å²) in [6, 6.07) is 10.7. The monoisotopic (exact) mass is 481 g/mol. The Balaban J connectivity index is 1.13. The second-order valence-corrected chi connectivity index (χ2v) is 9.10. The van der Waals surface area contributed by atoms with Gasteiger partial charge in [0.1, 0.15) is 13.2 Å². The van der Waals surface area contributed by atoms with Gasteiger partial charge in [0, 0.05) is 36.3 Å². The molecular weight excluding hydrogens is 450 g/mol. The minimum absolute atomic E-state index is 0.0853. The van der Waals surface area contributed by atoms with E-state index in [2.05, 4.69) is 10.6 Å². The minimum atomic E-state index is -0.549. The summed E-state index contributed by atoms with van der Waals surface area (Å²) in [6.45, 7) is 3.62. The Morgan fingerprint density at radius 3 is 2.03 bits per heavy atom. The first-order chi connectivity index (χ1) is 17.0. The standard InChI is InChI=1S/C26H31N3O6/c1-2-29(16-24(30)27-18-6-8-20-22(14-18)33-13-12-32-20)17-25(31)28-19-7-9-21-23(15-19)35-26(34-21)10-4-3-5-11-26/h6-9,14-15H,2-5,10-13,16-17H2,1H3,(H,27,30)(H,28,31). The predicted octanol–water partition coefficient (Wildman–Crippen LogP) is 3.79. The fraction of sp³-hybridized carbons (Fsp3) is 0.462. The highest BCUT2D eigenvalue weighted by molar-refractivity contribution is 5.95. The van der Waals surface area contributed by atoms with Crippen molar-refractivity contribution in [3.8, 4) is 23.0 Å². The maximum atomic E-state index is 12.7. The van der Waals surface area contributed by atoms with Gasteiger partial charge in [-0.25, -0.2) is 0 Å². The third-order valence-electron chi connectivity index (χ3n) is 6.44. The Kier molecular flexibility index (Phi) is 6.68. The Labute approximate surface area is 204 Å². The zero-order valence-corrected chi connectivity index (χ0v) is 19.9. The van der Waals surface area contributed by atoms with Crippen LogP contribution in [0.25, 0.3) is 0 Å². The molecule has 186 valence electrons. The van der Waals surface area contributed by atoms with Crippen LogP contribution in [0.4, 0.5) is 11.4 Å². The summed E-state index contributed by atoms with van der Waals surface area (Å²) >= 11 is 0. The maximum Gasteiger partial charge on any atom is 0.251 e. The molecule has 1 fully saturated rings. The summed E-state index contributed by atoms with van der Waals surface area (Å²) < 4.78 is 23.3. The number of hydrogen-bond donors (Lipinski definition) is 2. The van der Waals surface area contributed by atoms with Gasteiger partial charge in [0.15, 0.2) is 23.0 Å². The highest BCUT2D eigenvalue weighted by Crippen LogP contribution is 2.46. The molecule has 0 saturated heterocycles. The number of likely N-dealkylation sites (N-methyl/N-ethyl adjacent to an activating group) is 1. The molecule has 35 heavy (non-hydrogen) atoms. The lowest BCUT2D eigenvalue weighted by Gasteiger charge is -2.31. The largest absolute Gasteiger partial charge is 0.486 e. The molecule has 2 aromatic rings. The van der Waals surface area contributed by atoms with E-state index in [1.165, 1.54) is 6.42 Å². The fourth-order valence-corrected chi connectivity index (χ4v) is 4.67. The van der Waals surface area contributed by atoms with Crippen LogP contribution in [0.3, 0.4) is 0 Å². The van der Waals surface area contributed by atoms with Crippen LogP contribution in [0.1, 0.15) is 39.0 Å². The Hall–Kier alpha value is -3.46. The summed E-state index contributed by atoms with van der Waals surface area (Å²) in [6.07, 6.45) is 5.14. The van der Waals surface area contributed by atoms with E-state index in [1.807, 2.05) is 25.1 Å². The van der Waals surface area contributed by atoms with E-state index >= 15 is 0 Å². The molecule has 2 N–H and O–H groups in total. The molecule has 0 bridgehead atoms. The number of ether oxygens (including phenoxy) is 4. The van der Waals surface area contributed by atoms with Crippen molar-refractivity contribution in [2.45, 2.75) is 44.8 Å². The van der Waals surface area contributed by atoms with Crippen LogP contribution >= 0.6 is 0 Å². The normalized spacial score (nSPS) is 17.3. The van der Waals surface area contributed by atoms with Crippen molar-refractivity contribution >= 4 is 23.2 Å². The number of hydrogen-bond acceptors (Lipinski definition) is 7. The molecule has 1 spiro atoms. The van der Waals surface area contributed by atoms with Gasteiger partial charge in [-0.15, -0.1) is 0 Å². The number of nitrogens with zero attached hydrogens (tertiary/aromatic N) is 1. The van der Waals surface area contributed by atoms with Crippen molar-refractivity contribution in [2.75, 3.05) is 43.5 Å². The van der Waals surface area contributed by atoms with Gasteiger partial charge in [-0.3, -0.25) is 14.5 Å². The summed E-state index contributed by atoms with van der Waals surface area (Å²) in [5, 5.41) is 5.76. The second kappa shape index (κ2) is 10.0. The minimum Gasteiger partial charge on any atom is -0.486 e. The molecule has 2 aromatic carbocycles. The quantitative estimate of drug-likeness (QED) is 0.621. The SMILES string of the molecule is CCN(CC(=O)Nc1ccc2c(c1)OCCO2)CC(=O)Nc1ccc2c(c1)OC1(CCCCC1)O2. The molecule has 2 amide bonds. The summed E-state index contributed by atoms with van der Waals surface area (Å²) in [4.78, 5) is 27.0.